The Balaban J connectivity index is 2.81. The highest BCUT2D eigenvalue weighted by Gasteiger charge is 2.48. The second-order valence-electron chi connectivity index (χ2n) is 17.3. The van der Waals surface area contributed by atoms with Crippen LogP contribution in [0.3, 0.4) is 0 Å². The fourth-order valence-electron chi connectivity index (χ4n) is 8.06. The number of carbonyl (C=O) groups excluding carboxylic acids is 3. The number of carboxylic acids is 1. The molecule has 0 aromatic heterocycles. The van der Waals surface area contributed by atoms with Crippen LogP contribution in [0.4, 0.5) is 0 Å². The topological polar surface area (TPSA) is 186 Å². The van der Waals surface area contributed by atoms with Crippen molar-refractivity contribution >= 4 is 23.7 Å². The molecule has 0 aromatic rings. The van der Waals surface area contributed by atoms with E-state index in [0.717, 1.165) is 38.5 Å². The van der Waals surface area contributed by atoms with Gasteiger partial charge in [-0.1, -0.05) is 174 Å². The summed E-state index contributed by atoms with van der Waals surface area (Å²) in [4.78, 5) is 52.3. The number of aliphatic hydroxyl groups excluding tert-OH is 3. The molecule has 0 saturated carbocycles. The van der Waals surface area contributed by atoms with Crippen LogP contribution in [0.25, 0.3) is 0 Å². The van der Waals surface area contributed by atoms with Crippen molar-refractivity contribution in [2.45, 2.75) is 263 Å². The summed E-state index contributed by atoms with van der Waals surface area (Å²) in [5.41, 5.74) is 0. The van der Waals surface area contributed by atoms with Crippen LogP contribution in [-0.2, 0) is 23.9 Å². The van der Waals surface area contributed by atoms with Crippen molar-refractivity contribution < 1.29 is 44.3 Å². The van der Waals surface area contributed by atoms with Gasteiger partial charge < -0.3 is 40.7 Å². The first-order valence-electron chi connectivity index (χ1n) is 24.3. The highest BCUT2D eigenvalue weighted by atomic mass is 16.5. The van der Waals surface area contributed by atoms with E-state index < -0.39 is 61.0 Å². The summed E-state index contributed by atoms with van der Waals surface area (Å²) >= 11 is 0. The molecule has 0 aromatic carbocycles. The van der Waals surface area contributed by atoms with Gasteiger partial charge in [0.15, 0.2) is 6.23 Å². The average molecular weight is 840 g/mol. The molecule has 0 bridgehead atoms. The van der Waals surface area contributed by atoms with Crippen LogP contribution in [0.5, 0.6) is 0 Å². The fourth-order valence-corrected chi connectivity index (χ4v) is 8.06. The number of hydrogen-bond donors (Lipinski definition) is 6. The second kappa shape index (κ2) is 36.4. The number of nitrogens with one attached hydrogen (secondary N) is 2. The van der Waals surface area contributed by atoms with Crippen molar-refractivity contribution in [2.24, 2.45) is 0 Å². The van der Waals surface area contributed by atoms with E-state index in [1.807, 2.05) is 0 Å². The maximum absolute atomic E-state index is 14.0. The Morgan fingerprint density at radius 1 is 0.576 bits per heavy atom. The third kappa shape index (κ3) is 26.6. The molecule has 1 saturated heterocycles. The van der Waals surface area contributed by atoms with Crippen molar-refractivity contribution in [3.05, 3.63) is 0 Å². The van der Waals surface area contributed by atoms with Crippen molar-refractivity contribution in [3.63, 3.8) is 0 Å². The normalized spacial score (nSPS) is 19.7. The fraction of sp³-hybridized carbons (Fsp3) is 0.915. The molecule has 12 heteroatoms. The Kier molecular flexibility index (Phi) is 33.8. The Morgan fingerprint density at radius 3 is 1.42 bits per heavy atom. The first kappa shape index (κ1) is 54.7. The minimum absolute atomic E-state index is 0.0463. The summed E-state index contributed by atoms with van der Waals surface area (Å²) in [5, 5.41) is 46.4. The van der Waals surface area contributed by atoms with Crippen LogP contribution in [-0.4, -0.2) is 98.8 Å². The number of amides is 3. The van der Waals surface area contributed by atoms with Gasteiger partial charge in [0.05, 0.1) is 6.61 Å². The van der Waals surface area contributed by atoms with Crippen molar-refractivity contribution in [1.29, 1.82) is 0 Å². The lowest BCUT2D eigenvalue weighted by Gasteiger charge is -2.47. The predicted octanol–water partition coefficient (Wildman–Crippen LogP) is 8.85. The lowest BCUT2D eigenvalue weighted by molar-refractivity contribution is -0.231. The van der Waals surface area contributed by atoms with E-state index in [-0.39, 0.29) is 25.2 Å². The van der Waals surface area contributed by atoms with E-state index in [1.54, 1.807) is 4.90 Å². The Bertz CT molecular complexity index is 1080. The first-order valence-corrected chi connectivity index (χ1v) is 24.3. The number of carbonyl (C=O) groups is 4. The molecular weight excluding hydrogens is 751 g/mol. The van der Waals surface area contributed by atoms with Gasteiger partial charge in [-0.15, -0.1) is 0 Å². The molecule has 59 heavy (non-hydrogen) atoms. The van der Waals surface area contributed by atoms with E-state index in [4.69, 9.17) is 9.84 Å². The van der Waals surface area contributed by atoms with Crippen molar-refractivity contribution in [3.8, 4) is 0 Å². The summed E-state index contributed by atoms with van der Waals surface area (Å²) in [6.45, 7) is 5.74. The van der Waals surface area contributed by atoms with Gasteiger partial charge in [-0.05, 0) is 32.6 Å². The zero-order valence-corrected chi connectivity index (χ0v) is 37.8. The minimum Gasteiger partial charge on any atom is -0.481 e. The summed E-state index contributed by atoms with van der Waals surface area (Å²) in [7, 11) is 0. The van der Waals surface area contributed by atoms with Gasteiger partial charge in [0, 0.05) is 25.8 Å². The maximum atomic E-state index is 14.0. The molecule has 1 heterocycles. The molecule has 1 fully saturated rings. The number of aliphatic hydroxyl groups is 3. The quantitative estimate of drug-likeness (QED) is 0.0329. The summed E-state index contributed by atoms with van der Waals surface area (Å²) in [5.74, 6) is -2.14. The Labute approximate surface area is 358 Å². The number of aliphatic carboxylic acids is 1. The zero-order chi connectivity index (χ0) is 43.5. The van der Waals surface area contributed by atoms with Crippen LogP contribution in [0.2, 0.25) is 0 Å². The molecule has 6 N–H and O–H groups in total. The summed E-state index contributed by atoms with van der Waals surface area (Å²) in [6, 6.07) is -2.22. The molecule has 1 aliphatic rings. The van der Waals surface area contributed by atoms with E-state index in [0.29, 0.717) is 32.2 Å². The third-order valence-electron chi connectivity index (χ3n) is 11.9. The SMILES string of the molecule is CCCCCCCCCCCCCCCCCC(=O)N(CCCCCCCCCCCCCC)[C@@H]1O[C@H](CO)[C@@H](O)[C@H](O)[C@H]1NC(=O)[C@H](C)NC(=O)CCCCC(=O)O. The van der Waals surface area contributed by atoms with Gasteiger partial charge in [0.2, 0.25) is 17.7 Å². The molecule has 1 rings (SSSR count). The standard InChI is InChI=1S/C47H89N3O9/c1-4-6-8-10-12-14-16-18-19-20-21-23-25-27-29-34-41(53)50(36-32-28-26-24-22-17-15-13-11-9-7-5-2)47-43(45(57)44(56)39(37-51)59-47)49-46(58)38(3)48-40(52)33-30-31-35-42(54)55/h38-39,43-45,47,51,56-57H,4-37H2,1-3H3,(H,48,52)(H,49,58)(H,54,55)/t38-,39+,43+,44+,45+,47+/m0/s1. The van der Waals surface area contributed by atoms with Gasteiger partial charge in [-0.2, -0.15) is 0 Å². The highest BCUT2D eigenvalue weighted by molar-refractivity contribution is 5.87. The van der Waals surface area contributed by atoms with Crippen LogP contribution >= 0.6 is 0 Å². The zero-order valence-electron chi connectivity index (χ0n) is 37.8. The van der Waals surface area contributed by atoms with E-state index in [9.17, 15) is 34.5 Å². The van der Waals surface area contributed by atoms with Gasteiger partial charge >= 0.3 is 5.97 Å². The van der Waals surface area contributed by atoms with E-state index in [1.165, 1.54) is 129 Å². The average Bonchev–Trinajstić information content (AvgIpc) is 3.21. The molecule has 0 radical (unpaired) electrons. The molecule has 0 spiro atoms. The van der Waals surface area contributed by atoms with Gasteiger partial charge in [-0.25, -0.2) is 0 Å². The van der Waals surface area contributed by atoms with E-state index in [2.05, 4.69) is 24.5 Å². The molecular formula is C47H89N3O9. The monoisotopic (exact) mass is 840 g/mol. The van der Waals surface area contributed by atoms with Gasteiger partial charge in [-0.3, -0.25) is 19.2 Å². The van der Waals surface area contributed by atoms with Crippen molar-refractivity contribution in [2.75, 3.05) is 13.2 Å². The molecule has 0 aliphatic carbocycles. The van der Waals surface area contributed by atoms with Crippen molar-refractivity contribution in [1.82, 2.24) is 15.5 Å². The highest BCUT2D eigenvalue weighted by Crippen LogP contribution is 2.26. The van der Waals surface area contributed by atoms with Crippen LogP contribution in [0.1, 0.15) is 226 Å². The number of hydrogen-bond acceptors (Lipinski definition) is 8. The maximum Gasteiger partial charge on any atom is 0.303 e. The minimum atomic E-state index is -1.54. The van der Waals surface area contributed by atoms with E-state index >= 15 is 0 Å². The summed E-state index contributed by atoms with van der Waals surface area (Å²) < 4.78 is 6.14. The molecule has 12 nitrogen and oxygen atoms in total. The first-order chi connectivity index (χ1) is 28.6. The van der Waals surface area contributed by atoms with Crippen LogP contribution in [0.15, 0.2) is 0 Å². The molecule has 6 atom stereocenters. The molecule has 346 valence electrons. The predicted molar refractivity (Wildman–Crippen MR) is 236 cm³/mol. The lowest BCUT2D eigenvalue weighted by Crippen LogP contribution is -2.69. The third-order valence-corrected chi connectivity index (χ3v) is 11.9. The number of unbranched alkanes of at least 4 members (excludes halogenated alkanes) is 26. The van der Waals surface area contributed by atoms with Gasteiger partial charge in [0.25, 0.3) is 0 Å². The molecule has 3 amide bonds. The number of nitrogens with zero attached hydrogens (tertiary/aromatic N) is 1. The number of rotatable bonds is 39. The Morgan fingerprint density at radius 2 is 0.983 bits per heavy atom. The Hall–Kier alpha value is -2.28. The lowest BCUT2D eigenvalue weighted by atomic mass is 9.94. The summed E-state index contributed by atoms with van der Waals surface area (Å²) in [6.07, 6.45) is 27.9. The molecule has 1 aliphatic heterocycles. The van der Waals surface area contributed by atoms with Gasteiger partial charge in [0.1, 0.15) is 30.4 Å². The van der Waals surface area contributed by atoms with Crippen LogP contribution in [0, 0.1) is 0 Å². The number of ether oxygens (including phenoxy) is 1. The largest absolute Gasteiger partial charge is 0.481 e. The second-order valence-corrected chi connectivity index (χ2v) is 17.3. The number of carboxylic acid groups (broad SMARTS) is 1. The van der Waals surface area contributed by atoms with Crippen LogP contribution < -0.4 is 10.6 Å². The molecule has 0 unspecified atom stereocenters. The smallest absolute Gasteiger partial charge is 0.303 e.